The number of ether oxygens (including phenoxy) is 2. The first-order valence-corrected chi connectivity index (χ1v) is 10.4. The van der Waals surface area contributed by atoms with Crippen molar-refractivity contribution in [1.82, 2.24) is 0 Å². The Hall–Kier alpha value is -3.19. The maximum atomic E-state index is 12.6. The van der Waals surface area contributed by atoms with Crippen LogP contribution in [0.25, 0.3) is 0 Å². The fraction of sp³-hybridized carbons (Fsp3) is 0.280. The molecule has 0 aliphatic rings. The van der Waals surface area contributed by atoms with E-state index in [0.717, 1.165) is 12.1 Å². The number of anilines is 1. The number of hydrogen-bond acceptors (Lipinski definition) is 4. The second kappa shape index (κ2) is 10.9. The zero-order valence-electron chi connectivity index (χ0n) is 17.8. The van der Waals surface area contributed by atoms with Gasteiger partial charge in [0.05, 0.1) is 6.10 Å². The molecule has 0 fully saturated rings. The van der Waals surface area contributed by atoms with Gasteiger partial charge in [-0.1, -0.05) is 49.7 Å². The summed E-state index contributed by atoms with van der Waals surface area (Å²) < 4.78 is 47.8. The SMILES string of the molecule is CCCC(O)CN(Cc1cccc(OC(F)(F)F)c1)c1cccc(Oc2ccccc2)c1. The third kappa shape index (κ3) is 7.50. The van der Waals surface area contributed by atoms with Crippen LogP contribution in [0.1, 0.15) is 25.3 Å². The van der Waals surface area contributed by atoms with Gasteiger partial charge in [-0.2, -0.15) is 0 Å². The van der Waals surface area contributed by atoms with Gasteiger partial charge in [-0.3, -0.25) is 0 Å². The topological polar surface area (TPSA) is 41.9 Å². The molecule has 170 valence electrons. The smallest absolute Gasteiger partial charge is 0.457 e. The molecule has 0 bridgehead atoms. The van der Waals surface area contributed by atoms with Crippen molar-refractivity contribution in [3.8, 4) is 17.2 Å². The third-order valence-corrected chi connectivity index (χ3v) is 4.72. The fourth-order valence-electron chi connectivity index (χ4n) is 3.37. The lowest BCUT2D eigenvalue weighted by molar-refractivity contribution is -0.274. The lowest BCUT2D eigenvalue weighted by atomic mass is 10.1. The quantitative estimate of drug-likeness (QED) is 0.385. The second-order valence-corrected chi connectivity index (χ2v) is 7.43. The zero-order chi connectivity index (χ0) is 23.0. The number of benzene rings is 3. The van der Waals surface area contributed by atoms with Crippen LogP contribution in [0.4, 0.5) is 18.9 Å². The van der Waals surface area contributed by atoms with Crippen molar-refractivity contribution in [3.05, 3.63) is 84.4 Å². The Kier molecular flexibility index (Phi) is 8.00. The molecule has 0 aliphatic heterocycles. The molecular formula is C25H26F3NO3. The second-order valence-electron chi connectivity index (χ2n) is 7.43. The number of aliphatic hydroxyl groups is 1. The Morgan fingerprint density at radius 1 is 0.875 bits per heavy atom. The molecule has 0 amide bonds. The van der Waals surface area contributed by atoms with Crippen LogP contribution in [-0.4, -0.2) is 24.1 Å². The fourth-order valence-corrected chi connectivity index (χ4v) is 3.37. The molecule has 0 saturated carbocycles. The van der Waals surface area contributed by atoms with Crippen molar-refractivity contribution in [2.75, 3.05) is 11.4 Å². The normalized spacial score (nSPS) is 12.3. The molecule has 0 aliphatic carbocycles. The zero-order valence-corrected chi connectivity index (χ0v) is 17.8. The monoisotopic (exact) mass is 445 g/mol. The lowest BCUT2D eigenvalue weighted by Gasteiger charge is -2.28. The van der Waals surface area contributed by atoms with Gasteiger partial charge in [0, 0.05) is 24.8 Å². The summed E-state index contributed by atoms with van der Waals surface area (Å²) in [4.78, 5) is 1.92. The van der Waals surface area contributed by atoms with Gasteiger partial charge in [-0.05, 0) is 48.4 Å². The maximum Gasteiger partial charge on any atom is 0.573 e. The van der Waals surface area contributed by atoms with E-state index in [1.54, 1.807) is 6.07 Å². The molecule has 7 heteroatoms. The Balaban J connectivity index is 1.83. The molecule has 4 nitrogen and oxygen atoms in total. The van der Waals surface area contributed by atoms with E-state index in [9.17, 15) is 18.3 Å². The van der Waals surface area contributed by atoms with E-state index in [0.29, 0.717) is 36.6 Å². The van der Waals surface area contributed by atoms with Crippen LogP contribution >= 0.6 is 0 Å². The first kappa shape index (κ1) is 23.5. The molecule has 0 saturated heterocycles. The summed E-state index contributed by atoms with van der Waals surface area (Å²) in [6, 6.07) is 22.6. The largest absolute Gasteiger partial charge is 0.573 e. The minimum atomic E-state index is -4.75. The van der Waals surface area contributed by atoms with Crippen molar-refractivity contribution >= 4 is 5.69 Å². The number of alkyl halides is 3. The minimum Gasteiger partial charge on any atom is -0.457 e. The van der Waals surface area contributed by atoms with Crippen molar-refractivity contribution in [1.29, 1.82) is 0 Å². The number of rotatable bonds is 10. The van der Waals surface area contributed by atoms with Gasteiger partial charge in [-0.25, -0.2) is 0 Å². The average Bonchev–Trinajstić information content (AvgIpc) is 2.73. The maximum absolute atomic E-state index is 12.6. The van der Waals surface area contributed by atoms with E-state index >= 15 is 0 Å². The van der Waals surface area contributed by atoms with Crippen molar-refractivity contribution in [2.24, 2.45) is 0 Å². The first-order valence-electron chi connectivity index (χ1n) is 10.4. The standard InChI is InChI=1S/C25H26F3NO3/c1-2-8-21(30)18-29(17-19-9-6-14-24(15-19)32-25(26,27)28)20-10-7-13-23(16-20)31-22-11-4-3-5-12-22/h3-7,9-16,21,30H,2,8,17-18H2,1H3. The van der Waals surface area contributed by atoms with Crippen LogP contribution in [0.5, 0.6) is 17.2 Å². The Morgan fingerprint density at radius 2 is 1.56 bits per heavy atom. The number of para-hydroxylation sites is 1. The minimum absolute atomic E-state index is 0.273. The lowest BCUT2D eigenvalue weighted by Crippen LogP contribution is -2.32. The molecule has 0 spiro atoms. The Morgan fingerprint density at radius 3 is 2.28 bits per heavy atom. The molecular weight excluding hydrogens is 419 g/mol. The van der Waals surface area contributed by atoms with Crippen LogP contribution in [-0.2, 0) is 6.54 Å². The van der Waals surface area contributed by atoms with Crippen LogP contribution < -0.4 is 14.4 Å². The number of hydrogen-bond donors (Lipinski definition) is 1. The van der Waals surface area contributed by atoms with Crippen molar-refractivity contribution in [3.63, 3.8) is 0 Å². The highest BCUT2D eigenvalue weighted by atomic mass is 19.4. The summed E-state index contributed by atoms with van der Waals surface area (Å²) in [7, 11) is 0. The van der Waals surface area contributed by atoms with Crippen LogP contribution in [0.3, 0.4) is 0 Å². The molecule has 0 radical (unpaired) electrons. The average molecular weight is 445 g/mol. The van der Waals surface area contributed by atoms with E-state index in [1.165, 1.54) is 18.2 Å². The summed E-state index contributed by atoms with van der Waals surface area (Å²) in [6.45, 7) is 2.61. The molecule has 3 aromatic rings. The van der Waals surface area contributed by atoms with E-state index in [4.69, 9.17) is 4.74 Å². The van der Waals surface area contributed by atoms with Crippen molar-refractivity contribution in [2.45, 2.75) is 38.8 Å². The molecule has 3 aromatic carbocycles. The van der Waals surface area contributed by atoms with Gasteiger partial charge in [0.1, 0.15) is 17.2 Å². The Labute approximate surface area is 185 Å². The van der Waals surface area contributed by atoms with Crippen LogP contribution in [0, 0.1) is 0 Å². The molecule has 1 unspecified atom stereocenters. The molecule has 32 heavy (non-hydrogen) atoms. The van der Waals surface area contributed by atoms with E-state index in [2.05, 4.69) is 4.74 Å². The number of halogens is 3. The van der Waals surface area contributed by atoms with Gasteiger partial charge in [0.25, 0.3) is 0 Å². The molecule has 0 heterocycles. The van der Waals surface area contributed by atoms with Gasteiger partial charge in [-0.15, -0.1) is 13.2 Å². The van der Waals surface area contributed by atoms with Gasteiger partial charge >= 0.3 is 6.36 Å². The summed E-state index contributed by atoms with van der Waals surface area (Å²) >= 11 is 0. The van der Waals surface area contributed by atoms with E-state index < -0.39 is 12.5 Å². The predicted octanol–water partition coefficient (Wildman–Crippen LogP) is 6.55. The molecule has 0 aromatic heterocycles. The van der Waals surface area contributed by atoms with Gasteiger partial charge < -0.3 is 19.5 Å². The summed E-state index contributed by atoms with van der Waals surface area (Å²) in [5, 5.41) is 10.4. The highest BCUT2D eigenvalue weighted by molar-refractivity contribution is 5.52. The van der Waals surface area contributed by atoms with Gasteiger partial charge in [0.2, 0.25) is 0 Å². The van der Waals surface area contributed by atoms with E-state index in [-0.39, 0.29) is 5.75 Å². The number of nitrogens with zero attached hydrogens (tertiary/aromatic N) is 1. The van der Waals surface area contributed by atoms with E-state index in [1.807, 2.05) is 66.4 Å². The summed E-state index contributed by atoms with van der Waals surface area (Å²) in [5.74, 6) is 1.04. The van der Waals surface area contributed by atoms with Crippen molar-refractivity contribution < 1.29 is 27.8 Å². The highest BCUT2D eigenvalue weighted by Crippen LogP contribution is 2.29. The first-order chi connectivity index (χ1) is 15.3. The van der Waals surface area contributed by atoms with Crippen LogP contribution in [0.15, 0.2) is 78.9 Å². The molecule has 1 atom stereocenters. The number of aliphatic hydroxyl groups excluding tert-OH is 1. The third-order valence-electron chi connectivity index (χ3n) is 4.72. The highest BCUT2D eigenvalue weighted by Gasteiger charge is 2.31. The van der Waals surface area contributed by atoms with Gasteiger partial charge in [0.15, 0.2) is 0 Å². The summed E-state index contributed by atoms with van der Waals surface area (Å²) in [5.41, 5.74) is 1.42. The van der Waals surface area contributed by atoms with Crippen LogP contribution in [0.2, 0.25) is 0 Å². The summed E-state index contributed by atoms with van der Waals surface area (Å²) in [6.07, 6.45) is -3.89. The predicted molar refractivity (Wildman–Crippen MR) is 118 cm³/mol. The molecule has 1 N–H and O–H groups in total. The molecule has 3 rings (SSSR count). The Bertz CT molecular complexity index is 979.